The molecule has 18 heavy (non-hydrogen) atoms. The van der Waals surface area contributed by atoms with E-state index in [2.05, 4.69) is 0 Å². The van der Waals surface area contributed by atoms with E-state index in [1.165, 1.54) is 6.92 Å². The fourth-order valence-corrected chi connectivity index (χ4v) is 2.20. The van der Waals surface area contributed by atoms with Crippen LogP contribution in [0.5, 0.6) is 0 Å². The summed E-state index contributed by atoms with van der Waals surface area (Å²) >= 11 is 1.01. The van der Waals surface area contributed by atoms with Crippen LogP contribution in [-0.4, -0.2) is 33.7 Å². The number of carbonyl (C=O) groups is 1. The number of benzene rings is 1. The van der Waals surface area contributed by atoms with Gasteiger partial charge in [0.15, 0.2) is 5.12 Å². The predicted molar refractivity (Wildman–Crippen MR) is 73.3 cm³/mol. The van der Waals surface area contributed by atoms with Gasteiger partial charge >= 0.3 is 0 Å². The molecule has 2 atom stereocenters. The summed E-state index contributed by atoms with van der Waals surface area (Å²) in [5.74, 6) is 0.192. The molecule has 1 aromatic rings. The molecule has 0 bridgehead atoms. The molecule has 0 aliphatic heterocycles. The van der Waals surface area contributed by atoms with Gasteiger partial charge in [-0.15, -0.1) is 0 Å². The molecule has 0 radical (unpaired) electrons. The van der Waals surface area contributed by atoms with E-state index in [-0.39, 0.29) is 10.9 Å². The van der Waals surface area contributed by atoms with Gasteiger partial charge in [-0.2, -0.15) is 0 Å². The van der Waals surface area contributed by atoms with Gasteiger partial charge in [0.05, 0.1) is 6.10 Å². The van der Waals surface area contributed by atoms with Crippen LogP contribution in [-0.2, 0) is 11.2 Å². The minimum atomic E-state index is -0.977. The van der Waals surface area contributed by atoms with Gasteiger partial charge in [0.2, 0.25) is 0 Å². The number of rotatable bonds is 6. The number of aliphatic hydroxyl groups excluding tert-OH is 2. The summed E-state index contributed by atoms with van der Waals surface area (Å²) in [6.45, 7) is 1.98. The lowest BCUT2D eigenvalue weighted by Gasteiger charge is -2.18. The van der Waals surface area contributed by atoms with Gasteiger partial charge in [-0.3, -0.25) is 4.79 Å². The van der Waals surface area contributed by atoms with Crippen LogP contribution in [0.15, 0.2) is 24.3 Å². The highest BCUT2D eigenvalue weighted by Gasteiger charge is 2.19. The van der Waals surface area contributed by atoms with Gasteiger partial charge in [0.1, 0.15) is 6.10 Å². The number of hydrogen-bond acceptors (Lipinski definition) is 5. The SMILES string of the molecule is CC(=O)SCC(O)C(O)c1cccc(CCN)c1. The lowest BCUT2D eigenvalue weighted by Crippen LogP contribution is -2.21. The van der Waals surface area contributed by atoms with Gasteiger partial charge in [-0.05, 0) is 24.1 Å². The highest BCUT2D eigenvalue weighted by molar-refractivity contribution is 8.13. The summed E-state index contributed by atoms with van der Waals surface area (Å²) in [5, 5.41) is 19.7. The van der Waals surface area contributed by atoms with Gasteiger partial charge in [-0.25, -0.2) is 0 Å². The molecular formula is C13H19NO3S. The highest BCUT2D eigenvalue weighted by Crippen LogP contribution is 2.21. The zero-order chi connectivity index (χ0) is 13.5. The van der Waals surface area contributed by atoms with E-state index < -0.39 is 12.2 Å². The molecule has 4 N–H and O–H groups in total. The topological polar surface area (TPSA) is 83.5 Å². The third-order valence-electron chi connectivity index (χ3n) is 2.55. The Bertz CT molecular complexity index is 398. The first-order chi connectivity index (χ1) is 8.54. The van der Waals surface area contributed by atoms with E-state index in [9.17, 15) is 15.0 Å². The van der Waals surface area contributed by atoms with Crippen LogP contribution in [0, 0.1) is 0 Å². The van der Waals surface area contributed by atoms with Crippen LogP contribution < -0.4 is 5.73 Å². The molecular weight excluding hydrogens is 250 g/mol. The maximum atomic E-state index is 10.8. The molecule has 0 spiro atoms. The molecule has 0 saturated heterocycles. The van der Waals surface area contributed by atoms with Crippen molar-refractivity contribution >= 4 is 16.9 Å². The van der Waals surface area contributed by atoms with Crippen LogP contribution in [0.25, 0.3) is 0 Å². The Balaban J connectivity index is 2.67. The fraction of sp³-hybridized carbons (Fsp3) is 0.462. The normalized spacial score (nSPS) is 14.2. The molecule has 0 heterocycles. The second kappa shape index (κ2) is 7.53. The Morgan fingerprint density at radius 3 is 2.78 bits per heavy atom. The van der Waals surface area contributed by atoms with Crippen molar-refractivity contribution in [3.05, 3.63) is 35.4 Å². The summed E-state index contributed by atoms with van der Waals surface area (Å²) in [6.07, 6.45) is -1.19. The van der Waals surface area contributed by atoms with E-state index in [1.807, 2.05) is 18.2 Å². The van der Waals surface area contributed by atoms with Crippen molar-refractivity contribution in [1.82, 2.24) is 0 Å². The van der Waals surface area contributed by atoms with E-state index in [0.717, 1.165) is 23.7 Å². The molecule has 2 unspecified atom stereocenters. The zero-order valence-corrected chi connectivity index (χ0v) is 11.2. The Labute approximate surface area is 111 Å². The Kier molecular flexibility index (Phi) is 6.35. The van der Waals surface area contributed by atoms with Crippen LogP contribution >= 0.6 is 11.8 Å². The van der Waals surface area contributed by atoms with Crippen molar-refractivity contribution in [1.29, 1.82) is 0 Å². The van der Waals surface area contributed by atoms with Gasteiger partial charge in [0, 0.05) is 12.7 Å². The minimum absolute atomic E-state index is 0.0712. The van der Waals surface area contributed by atoms with Crippen molar-refractivity contribution in [3.8, 4) is 0 Å². The summed E-state index contributed by atoms with van der Waals surface area (Å²) in [6, 6.07) is 7.35. The van der Waals surface area contributed by atoms with Crippen molar-refractivity contribution in [2.45, 2.75) is 25.6 Å². The predicted octanol–water partition coefficient (Wildman–Crippen LogP) is 0.862. The van der Waals surface area contributed by atoms with E-state index in [4.69, 9.17) is 5.73 Å². The fourth-order valence-electron chi connectivity index (χ4n) is 1.62. The second-order valence-corrected chi connectivity index (χ2v) is 5.30. The molecule has 0 saturated carbocycles. The van der Waals surface area contributed by atoms with Crippen molar-refractivity contribution in [2.24, 2.45) is 5.73 Å². The Morgan fingerprint density at radius 2 is 2.17 bits per heavy atom. The first-order valence-electron chi connectivity index (χ1n) is 5.83. The van der Waals surface area contributed by atoms with Gasteiger partial charge in [0.25, 0.3) is 0 Å². The first-order valence-corrected chi connectivity index (χ1v) is 6.81. The van der Waals surface area contributed by atoms with Gasteiger partial charge in [-0.1, -0.05) is 36.0 Å². The number of nitrogens with two attached hydrogens (primary N) is 1. The number of carbonyl (C=O) groups excluding carboxylic acids is 1. The average Bonchev–Trinajstić information content (AvgIpc) is 2.35. The Morgan fingerprint density at radius 1 is 1.44 bits per heavy atom. The molecule has 0 aliphatic carbocycles. The molecule has 4 nitrogen and oxygen atoms in total. The van der Waals surface area contributed by atoms with E-state index in [0.29, 0.717) is 12.1 Å². The second-order valence-electron chi connectivity index (χ2n) is 4.10. The molecule has 100 valence electrons. The maximum absolute atomic E-state index is 10.8. The summed E-state index contributed by atoms with van der Waals surface area (Å²) in [4.78, 5) is 10.8. The molecule has 1 rings (SSSR count). The van der Waals surface area contributed by atoms with Crippen molar-refractivity contribution < 1.29 is 15.0 Å². The lowest BCUT2D eigenvalue weighted by atomic mass is 10.0. The summed E-state index contributed by atoms with van der Waals surface area (Å²) in [7, 11) is 0. The van der Waals surface area contributed by atoms with Gasteiger partial charge < -0.3 is 15.9 Å². The minimum Gasteiger partial charge on any atom is -0.389 e. The number of aliphatic hydroxyl groups is 2. The van der Waals surface area contributed by atoms with Crippen molar-refractivity contribution in [2.75, 3.05) is 12.3 Å². The molecule has 0 aromatic heterocycles. The zero-order valence-electron chi connectivity index (χ0n) is 10.4. The quantitative estimate of drug-likeness (QED) is 0.713. The molecule has 1 aromatic carbocycles. The standard InChI is InChI=1S/C13H19NO3S/c1-9(15)18-8-12(16)13(17)11-4-2-3-10(7-11)5-6-14/h2-4,7,12-13,16-17H,5-6,8,14H2,1H3. The molecule has 0 aliphatic rings. The summed E-state index contributed by atoms with van der Waals surface area (Å²) in [5.41, 5.74) is 7.15. The van der Waals surface area contributed by atoms with Crippen molar-refractivity contribution in [3.63, 3.8) is 0 Å². The third kappa shape index (κ3) is 4.78. The highest BCUT2D eigenvalue weighted by atomic mass is 32.2. The largest absolute Gasteiger partial charge is 0.389 e. The smallest absolute Gasteiger partial charge is 0.185 e. The van der Waals surface area contributed by atoms with Crippen LogP contribution in [0.4, 0.5) is 0 Å². The maximum Gasteiger partial charge on any atom is 0.185 e. The first kappa shape index (κ1) is 15.2. The van der Waals surface area contributed by atoms with Crippen LogP contribution in [0.1, 0.15) is 24.2 Å². The Hall–Kier alpha value is -0.880. The third-order valence-corrected chi connectivity index (χ3v) is 3.46. The van der Waals surface area contributed by atoms with Crippen LogP contribution in [0.3, 0.4) is 0 Å². The lowest BCUT2D eigenvalue weighted by molar-refractivity contribution is -0.109. The number of hydrogen-bond donors (Lipinski definition) is 3. The molecule has 0 fully saturated rings. The number of thioether (sulfide) groups is 1. The molecule has 5 heteroatoms. The molecule has 0 amide bonds. The van der Waals surface area contributed by atoms with Crippen LogP contribution in [0.2, 0.25) is 0 Å². The summed E-state index contributed by atoms with van der Waals surface area (Å²) < 4.78 is 0. The average molecular weight is 269 g/mol. The monoisotopic (exact) mass is 269 g/mol. The van der Waals surface area contributed by atoms with E-state index >= 15 is 0 Å². The van der Waals surface area contributed by atoms with E-state index in [1.54, 1.807) is 6.07 Å².